The summed E-state index contributed by atoms with van der Waals surface area (Å²) in [5.41, 5.74) is -0.481. The van der Waals surface area contributed by atoms with E-state index in [9.17, 15) is 9.59 Å². The molecule has 0 spiro atoms. The summed E-state index contributed by atoms with van der Waals surface area (Å²) in [6.45, 7) is 6.28. The van der Waals surface area contributed by atoms with Crippen molar-refractivity contribution in [2.45, 2.75) is 64.5 Å². The standard InChI is InChI=1S/C14H23NO3/c1-14(2,3)18-13(17)11-5-4-8-15(11)12(16)9-10-6-7-10/h10-11H,4-9H2,1-3H3/t11-/m1/s1. The molecule has 0 aromatic carbocycles. The van der Waals surface area contributed by atoms with E-state index in [2.05, 4.69) is 0 Å². The number of nitrogens with zero attached hydrogens (tertiary/aromatic N) is 1. The molecule has 1 aliphatic carbocycles. The zero-order valence-electron chi connectivity index (χ0n) is 11.6. The third-order valence-electron chi connectivity index (χ3n) is 3.41. The molecule has 18 heavy (non-hydrogen) atoms. The van der Waals surface area contributed by atoms with Crippen LogP contribution in [-0.2, 0) is 14.3 Å². The Morgan fingerprint density at radius 3 is 2.44 bits per heavy atom. The highest BCUT2D eigenvalue weighted by Crippen LogP contribution is 2.34. The van der Waals surface area contributed by atoms with Gasteiger partial charge < -0.3 is 9.64 Å². The Morgan fingerprint density at radius 1 is 1.22 bits per heavy atom. The molecule has 0 radical (unpaired) electrons. The van der Waals surface area contributed by atoms with Gasteiger partial charge >= 0.3 is 5.97 Å². The van der Waals surface area contributed by atoms with Gasteiger partial charge in [0.2, 0.25) is 5.91 Å². The summed E-state index contributed by atoms with van der Waals surface area (Å²) in [4.78, 5) is 25.9. The first-order valence-electron chi connectivity index (χ1n) is 6.89. The predicted molar refractivity (Wildman–Crippen MR) is 67.9 cm³/mol. The molecule has 2 aliphatic rings. The molecule has 1 atom stereocenters. The van der Waals surface area contributed by atoms with Crippen LogP contribution in [0.5, 0.6) is 0 Å². The second-order valence-corrected chi connectivity index (χ2v) is 6.43. The molecule has 1 aliphatic heterocycles. The lowest BCUT2D eigenvalue weighted by atomic mass is 10.1. The van der Waals surface area contributed by atoms with E-state index in [1.165, 1.54) is 0 Å². The van der Waals surface area contributed by atoms with Gasteiger partial charge in [0.1, 0.15) is 11.6 Å². The van der Waals surface area contributed by atoms with Crippen molar-refractivity contribution in [1.29, 1.82) is 0 Å². The van der Waals surface area contributed by atoms with Crippen LogP contribution in [0.25, 0.3) is 0 Å². The zero-order chi connectivity index (χ0) is 13.3. The van der Waals surface area contributed by atoms with E-state index >= 15 is 0 Å². The van der Waals surface area contributed by atoms with Crippen LogP contribution in [0, 0.1) is 5.92 Å². The Hall–Kier alpha value is -1.06. The van der Waals surface area contributed by atoms with E-state index in [0.29, 0.717) is 18.9 Å². The van der Waals surface area contributed by atoms with Crippen LogP contribution in [0.3, 0.4) is 0 Å². The number of amides is 1. The van der Waals surface area contributed by atoms with Crippen molar-refractivity contribution in [3.05, 3.63) is 0 Å². The smallest absolute Gasteiger partial charge is 0.329 e. The van der Waals surface area contributed by atoms with Gasteiger partial charge in [0.05, 0.1) is 0 Å². The molecular formula is C14H23NO3. The molecule has 1 saturated carbocycles. The molecule has 1 saturated heterocycles. The summed E-state index contributed by atoms with van der Waals surface area (Å²) in [6.07, 6.45) is 4.58. The van der Waals surface area contributed by atoms with Gasteiger partial charge in [-0.05, 0) is 52.4 Å². The summed E-state index contributed by atoms with van der Waals surface area (Å²) in [5.74, 6) is 0.451. The number of carbonyl (C=O) groups excluding carboxylic acids is 2. The van der Waals surface area contributed by atoms with Crippen LogP contribution in [-0.4, -0.2) is 35.0 Å². The van der Waals surface area contributed by atoms with Gasteiger partial charge in [0.25, 0.3) is 0 Å². The van der Waals surface area contributed by atoms with Gasteiger partial charge in [0, 0.05) is 13.0 Å². The second kappa shape index (κ2) is 4.90. The highest BCUT2D eigenvalue weighted by atomic mass is 16.6. The van der Waals surface area contributed by atoms with Crippen LogP contribution >= 0.6 is 0 Å². The van der Waals surface area contributed by atoms with Crippen LogP contribution in [0.4, 0.5) is 0 Å². The van der Waals surface area contributed by atoms with Gasteiger partial charge in [-0.15, -0.1) is 0 Å². The SMILES string of the molecule is CC(C)(C)OC(=O)[C@H]1CCCN1C(=O)CC1CC1. The number of rotatable bonds is 3. The van der Waals surface area contributed by atoms with E-state index < -0.39 is 5.60 Å². The minimum absolute atomic E-state index is 0.130. The molecule has 0 N–H and O–H groups in total. The summed E-state index contributed by atoms with van der Waals surface area (Å²) in [5, 5.41) is 0. The van der Waals surface area contributed by atoms with E-state index in [1.54, 1.807) is 4.90 Å². The monoisotopic (exact) mass is 253 g/mol. The van der Waals surface area contributed by atoms with Crippen LogP contribution in [0.1, 0.15) is 52.9 Å². The van der Waals surface area contributed by atoms with E-state index in [1.807, 2.05) is 20.8 Å². The quantitative estimate of drug-likeness (QED) is 0.724. The third kappa shape index (κ3) is 3.47. The zero-order valence-corrected chi connectivity index (χ0v) is 11.6. The largest absolute Gasteiger partial charge is 0.458 e. The summed E-state index contributed by atoms with van der Waals surface area (Å²) < 4.78 is 5.39. The summed E-state index contributed by atoms with van der Waals surface area (Å²) >= 11 is 0. The molecule has 4 heteroatoms. The molecule has 1 heterocycles. The summed E-state index contributed by atoms with van der Waals surface area (Å²) in [7, 11) is 0. The van der Waals surface area contributed by atoms with E-state index in [0.717, 1.165) is 25.7 Å². The first-order valence-corrected chi connectivity index (χ1v) is 6.89. The lowest BCUT2D eigenvalue weighted by Crippen LogP contribution is -2.43. The topological polar surface area (TPSA) is 46.6 Å². The number of likely N-dealkylation sites (tertiary alicyclic amines) is 1. The van der Waals surface area contributed by atoms with Crippen molar-refractivity contribution >= 4 is 11.9 Å². The highest BCUT2D eigenvalue weighted by molar-refractivity contribution is 5.85. The first-order chi connectivity index (χ1) is 8.37. The molecule has 1 amide bonds. The Morgan fingerprint density at radius 2 is 1.89 bits per heavy atom. The number of esters is 1. The van der Waals surface area contributed by atoms with Crippen molar-refractivity contribution in [2.75, 3.05) is 6.54 Å². The Balaban J connectivity index is 1.93. The maximum Gasteiger partial charge on any atom is 0.329 e. The lowest BCUT2D eigenvalue weighted by Gasteiger charge is -2.27. The average Bonchev–Trinajstić information content (AvgIpc) is 2.90. The summed E-state index contributed by atoms with van der Waals surface area (Å²) in [6, 6.07) is -0.351. The molecule has 2 fully saturated rings. The fourth-order valence-corrected chi connectivity index (χ4v) is 2.37. The Labute approximate surface area is 109 Å². The molecule has 0 aromatic heterocycles. The van der Waals surface area contributed by atoms with Crippen molar-refractivity contribution in [3.63, 3.8) is 0 Å². The van der Waals surface area contributed by atoms with E-state index in [-0.39, 0.29) is 17.9 Å². The molecule has 0 aromatic rings. The third-order valence-corrected chi connectivity index (χ3v) is 3.41. The molecular weight excluding hydrogens is 230 g/mol. The number of ether oxygens (including phenoxy) is 1. The van der Waals surface area contributed by atoms with Crippen LogP contribution < -0.4 is 0 Å². The minimum atomic E-state index is -0.481. The van der Waals surface area contributed by atoms with Crippen LogP contribution in [0.2, 0.25) is 0 Å². The maximum absolute atomic E-state index is 12.1. The van der Waals surface area contributed by atoms with Gasteiger partial charge in [-0.25, -0.2) is 4.79 Å². The fraction of sp³-hybridized carbons (Fsp3) is 0.857. The maximum atomic E-state index is 12.1. The molecule has 0 unspecified atom stereocenters. The van der Waals surface area contributed by atoms with E-state index in [4.69, 9.17) is 4.74 Å². The Bertz CT molecular complexity index is 341. The van der Waals surface area contributed by atoms with Crippen molar-refractivity contribution in [2.24, 2.45) is 5.92 Å². The van der Waals surface area contributed by atoms with Crippen molar-refractivity contribution in [1.82, 2.24) is 4.90 Å². The second-order valence-electron chi connectivity index (χ2n) is 6.43. The molecule has 2 rings (SSSR count). The fourth-order valence-electron chi connectivity index (χ4n) is 2.37. The van der Waals surface area contributed by atoms with Gasteiger partial charge in [-0.2, -0.15) is 0 Å². The number of carbonyl (C=O) groups is 2. The molecule has 0 bridgehead atoms. The predicted octanol–water partition coefficient (Wildman–Crippen LogP) is 2.12. The minimum Gasteiger partial charge on any atom is -0.458 e. The van der Waals surface area contributed by atoms with Crippen molar-refractivity contribution in [3.8, 4) is 0 Å². The molecule has 102 valence electrons. The lowest BCUT2D eigenvalue weighted by molar-refractivity contribution is -0.163. The molecule has 4 nitrogen and oxygen atoms in total. The number of hydrogen-bond donors (Lipinski definition) is 0. The van der Waals surface area contributed by atoms with Gasteiger partial charge in [-0.3, -0.25) is 4.79 Å². The van der Waals surface area contributed by atoms with Gasteiger partial charge in [-0.1, -0.05) is 0 Å². The van der Waals surface area contributed by atoms with Gasteiger partial charge in [0.15, 0.2) is 0 Å². The normalized spacial score (nSPS) is 24.2. The highest BCUT2D eigenvalue weighted by Gasteiger charge is 2.38. The van der Waals surface area contributed by atoms with Crippen LogP contribution in [0.15, 0.2) is 0 Å². The number of hydrogen-bond acceptors (Lipinski definition) is 3. The first kappa shape index (κ1) is 13.4. The average molecular weight is 253 g/mol. The Kier molecular flexibility index (Phi) is 3.64. The van der Waals surface area contributed by atoms with Crippen molar-refractivity contribution < 1.29 is 14.3 Å².